The average molecular weight is 508 g/mol. The number of carboxylic acid groups (broad SMARTS) is 1. The van der Waals surface area contributed by atoms with Crippen molar-refractivity contribution in [2.75, 3.05) is 11.1 Å². The zero-order valence-electron chi connectivity index (χ0n) is 20.7. The molecule has 3 aromatic rings. The van der Waals surface area contributed by atoms with Crippen molar-refractivity contribution in [2.24, 2.45) is 0 Å². The predicted molar refractivity (Wildman–Crippen MR) is 128 cm³/mol. The van der Waals surface area contributed by atoms with Crippen molar-refractivity contribution >= 4 is 23.4 Å². The first-order valence-corrected chi connectivity index (χ1v) is 10.4. The van der Waals surface area contributed by atoms with Crippen molar-refractivity contribution < 1.29 is 32.6 Å². The van der Waals surface area contributed by atoms with Crippen LogP contribution in [0, 0.1) is 38.2 Å². The Labute approximate surface area is 206 Å². The van der Waals surface area contributed by atoms with E-state index in [9.17, 15) is 22.8 Å². The summed E-state index contributed by atoms with van der Waals surface area (Å²) in [6.45, 7) is 9.87. The Hall–Kier alpha value is -4.22. The molecule has 3 rings (SSSR count). The summed E-state index contributed by atoms with van der Waals surface area (Å²) in [5, 5.41) is 10.8. The number of ether oxygens (including phenoxy) is 1. The van der Waals surface area contributed by atoms with E-state index >= 15 is 0 Å². The van der Waals surface area contributed by atoms with Crippen molar-refractivity contribution in [3.05, 3.63) is 76.9 Å². The van der Waals surface area contributed by atoms with Gasteiger partial charge in [0.15, 0.2) is 0 Å². The predicted octanol–water partition coefficient (Wildman–Crippen LogP) is 5.21. The highest BCUT2D eigenvalue weighted by Crippen LogP contribution is 2.13. The molecule has 0 aliphatic carbocycles. The van der Waals surface area contributed by atoms with E-state index in [-0.39, 0.29) is 28.5 Å². The van der Waals surface area contributed by atoms with Crippen LogP contribution < -0.4 is 11.1 Å². The summed E-state index contributed by atoms with van der Waals surface area (Å²) in [5.41, 5.74) is 6.02. The molecule has 0 saturated carbocycles. The Balaban J connectivity index is 0.000000283. The molecule has 0 aliphatic rings. The zero-order chi connectivity index (χ0) is 27.6. The number of hydrogen-bond donors (Lipinski definition) is 3. The molecule has 0 bridgehead atoms. The van der Waals surface area contributed by atoms with E-state index in [2.05, 4.69) is 20.3 Å². The van der Waals surface area contributed by atoms with Gasteiger partial charge in [-0.15, -0.1) is 0 Å². The smallest absolute Gasteiger partial charge is 0.412 e. The number of carbonyl (C=O) groups is 2. The number of nitrogens with zero attached hydrogens (tertiary/aromatic N) is 3. The lowest BCUT2D eigenvalue weighted by Crippen LogP contribution is -2.27. The van der Waals surface area contributed by atoms with Crippen LogP contribution in [0.5, 0.6) is 0 Å². The Morgan fingerprint density at radius 1 is 0.861 bits per heavy atom. The van der Waals surface area contributed by atoms with Gasteiger partial charge in [0.05, 0.1) is 46.4 Å². The summed E-state index contributed by atoms with van der Waals surface area (Å²) >= 11 is 0. The van der Waals surface area contributed by atoms with Crippen molar-refractivity contribution in [1.82, 2.24) is 15.0 Å². The molecule has 0 unspecified atom stereocenters. The minimum atomic E-state index is -1.17. The molecular weight excluding hydrogens is 479 g/mol. The molecule has 4 N–H and O–H groups in total. The highest BCUT2D eigenvalue weighted by molar-refractivity contribution is 5.87. The summed E-state index contributed by atoms with van der Waals surface area (Å²) in [6.07, 6.45) is 3.30. The van der Waals surface area contributed by atoms with E-state index in [1.54, 1.807) is 34.6 Å². The monoisotopic (exact) mass is 507 g/mol. The third kappa shape index (κ3) is 10.8. The Morgan fingerprint density at radius 3 is 1.75 bits per heavy atom. The molecule has 12 heteroatoms. The van der Waals surface area contributed by atoms with E-state index in [0.717, 1.165) is 12.3 Å². The molecule has 0 fully saturated rings. The van der Waals surface area contributed by atoms with E-state index in [0.29, 0.717) is 11.4 Å². The fraction of sp³-hybridized carbons (Fsp3) is 0.292. The maximum atomic E-state index is 13.1. The third-order valence-corrected chi connectivity index (χ3v) is 3.99. The quantitative estimate of drug-likeness (QED) is 0.429. The second-order valence-electron chi connectivity index (χ2n) is 8.35. The summed E-state index contributed by atoms with van der Waals surface area (Å²) in [7, 11) is 0. The number of amides is 1. The molecule has 0 saturated heterocycles. The van der Waals surface area contributed by atoms with Crippen LogP contribution in [-0.2, 0) is 4.74 Å². The van der Waals surface area contributed by atoms with Crippen LogP contribution in [0.3, 0.4) is 0 Å². The first kappa shape index (κ1) is 29.8. The highest BCUT2D eigenvalue weighted by Gasteiger charge is 2.16. The number of carboxylic acids is 1. The second-order valence-corrected chi connectivity index (χ2v) is 8.35. The van der Waals surface area contributed by atoms with Crippen LogP contribution in [0.2, 0.25) is 0 Å². The van der Waals surface area contributed by atoms with Crippen molar-refractivity contribution in [3.8, 4) is 0 Å². The van der Waals surface area contributed by atoms with Crippen LogP contribution >= 0.6 is 0 Å². The minimum Gasteiger partial charge on any atom is -0.478 e. The van der Waals surface area contributed by atoms with E-state index in [1.807, 2.05) is 0 Å². The largest absolute Gasteiger partial charge is 0.478 e. The maximum Gasteiger partial charge on any atom is 0.412 e. The standard InChI is InChI=1S/C11H15FN2O2.C7H6FNO2.C6H7FN2/c1-7-9(12)5-8(6-13-7)14-10(15)16-11(2,3)4;1-4-6(8)2-5(3-9-4)7(10)11;1-4-6(7)2-5(8)3-9-4/h5-6H,1-4H3,(H,14,15);2-3H,1H3,(H,10,11);2-3H,8H2,1H3. The van der Waals surface area contributed by atoms with Gasteiger partial charge in [-0.25, -0.2) is 22.8 Å². The number of rotatable bonds is 2. The van der Waals surface area contributed by atoms with Gasteiger partial charge >= 0.3 is 12.1 Å². The first-order chi connectivity index (χ1) is 16.6. The maximum absolute atomic E-state index is 13.1. The van der Waals surface area contributed by atoms with E-state index in [4.69, 9.17) is 15.6 Å². The van der Waals surface area contributed by atoms with E-state index in [1.165, 1.54) is 31.5 Å². The first-order valence-electron chi connectivity index (χ1n) is 10.4. The molecule has 0 spiro atoms. The molecule has 9 nitrogen and oxygen atoms in total. The number of carbonyl (C=O) groups excluding carboxylic acids is 1. The lowest BCUT2D eigenvalue weighted by atomic mass is 10.2. The number of aromatic carboxylic acids is 1. The van der Waals surface area contributed by atoms with Crippen molar-refractivity contribution in [3.63, 3.8) is 0 Å². The molecule has 0 radical (unpaired) electrons. The lowest BCUT2D eigenvalue weighted by Gasteiger charge is -2.19. The summed E-state index contributed by atoms with van der Waals surface area (Å²) < 4.78 is 43.2. The van der Waals surface area contributed by atoms with Gasteiger partial charge in [0.25, 0.3) is 0 Å². The molecule has 3 heterocycles. The molecule has 0 aromatic carbocycles. The number of halogens is 3. The van der Waals surface area contributed by atoms with Gasteiger partial charge < -0.3 is 15.6 Å². The second kappa shape index (κ2) is 13.0. The van der Waals surface area contributed by atoms with Crippen LogP contribution in [0.25, 0.3) is 0 Å². The molecule has 3 aromatic heterocycles. The summed E-state index contributed by atoms with van der Waals surface area (Å²) in [6, 6.07) is 3.40. The van der Waals surface area contributed by atoms with E-state index < -0.39 is 29.3 Å². The normalized spacial score (nSPS) is 10.2. The fourth-order valence-corrected chi connectivity index (χ4v) is 2.14. The SMILES string of the molecule is Cc1ncc(C(=O)O)cc1F.Cc1ncc(N)cc1F.Cc1ncc(NC(=O)OC(C)(C)C)cc1F. The fourth-order valence-electron chi connectivity index (χ4n) is 2.14. The van der Waals surface area contributed by atoms with Gasteiger partial charge in [-0.05, 0) is 47.6 Å². The van der Waals surface area contributed by atoms with Gasteiger partial charge in [-0.2, -0.15) is 0 Å². The Kier molecular flexibility index (Phi) is 10.8. The number of pyridine rings is 3. The van der Waals surface area contributed by atoms with Gasteiger partial charge in [0.1, 0.15) is 23.1 Å². The topological polar surface area (TPSA) is 140 Å². The molecule has 1 amide bonds. The van der Waals surface area contributed by atoms with Crippen LogP contribution in [0.1, 0.15) is 48.2 Å². The lowest BCUT2D eigenvalue weighted by molar-refractivity contribution is 0.0634. The van der Waals surface area contributed by atoms with Crippen LogP contribution in [0.4, 0.5) is 29.3 Å². The summed E-state index contributed by atoms with van der Waals surface area (Å²) in [5.74, 6) is -2.58. The molecular formula is C24H28F3N5O4. The van der Waals surface area contributed by atoms with Crippen LogP contribution in [0.15, 0.2) is 36.8 Å². The molecule has 0 aliphatic heterocycles. The zero-order valence-corrected chi connectivity index (χ0v) is 20.7. The summed E-state index contributed by atoms with van der Waals surface area (Å²) in [4.78, 5) is 32.6. The number of nitrogens with two attached hydrogens (primary N) is 1. The number of nitrogens with one attached hydrogen (secondary N) is 1. The third-order valence-electron chi connectivity index (χ3n) is 3.99. The van der Waals surface area contributed by atoms with Crippen LogP contribution in [-0.4, -0.2) is 37.7 Å². The Morgan fingerprint density at radius 2 is 1.33 bits per heavy atom. The van der Waals surface area contributed by atoms with Crippen molar-refractivity contribution in [2.45, 2.75) is 47.1 Å². The molecule has 36 heavy (non-hydrogen) atoms. The van der Waals surface area contributed by atoms with Gasteiger partial charge in [0, 0.05) is 18.3 Å². The average Bonchev–Trinajstić information content (AvgIpc) is 2.75. The molecule has 194 valence electrons. The minimum absolute atomic E-state index is 0.131. The number of aromatic nitrogens is 3. The Bertz CT molecular complexity index is 1220. The number of anilines is 2. The van der Waals surface area contributed by atoms with Gasteiger partial charge in [-0.3, -0.25) is 20.3 Å². The number of nitrogen functional groups attached to an aromatic ring is 1. The molecule has 0 atom stereocenters. The van der Waals surface area contributed by atoms with Crippen molar-refractivity contribution in [1.29, 1.82) is 0 Å². The number of hydrogen-bond acceptors (Lipinski definition) is 7. The number of aryl methyl sites for hydroxylation is 3. The van der Waals surface area contributed by atoms with Gasteiger partial charge in [-0.1, -0.05) is 0 Å². The highest BCUT2D eigenvalue weighted by atomic mass is 19.1. The van der Waals surface area contributed by atoms with Gasteiger partial charge in [0.2, 0.25) is 0 Å².